The van der Waals surface area contributed by atoms with Crippen molar-refractivity contribution in [3.63, 3.8) is 0 Å². The zero-order chi connectivity index (χ0) is 11.4. The second-order valence-corrected chi connectivity index (χ2v) is 3.96. The Morgan fingerprint density at radius 2 is 2.00 bits per heavy atom. The minimum absolute atomic E-state index is 0.237. The first kappa shape index (κ1) is 11.0. The average Bonchev–Trinajstić information content (AvgIpc) is 2.30. The molecule has 1 aliphatic carbocycles. The number of ether oxygens (including phenoxy) is 1. The molecule has 0 bridgehead atoms. The molecule has 0 amide bonds. The van der Waals surface area contributed by atoms with E-state index in [-0.39, 0.29) is 6.10 Å². The number of hydrogen-bond donors (Lipinski definition) is 0. The highest BCUT2D eigenvalue weighted by molar-refractivity contribution is 5.48. The summed E-state index contributed by atoms with van der Waals surface area (Å²) in [5, 5.41) is 0. The summed E-state index contributed by atoms with van der Waals surface area (Å²) in [4.78, 5) is 0. The third-order valence-electron chi connectivity index (χ3n) is 2.76. The molecular weight excluding hydrogens is 196 g/mol. The molecule has 0 N–H and O–H groups in total. The van der Waals surface area contributed by atoms with Crippen LogP contribution >= 0.6 is 0 Å². The fourth-order valence-electron chi connectivity index (χ4n) is 1.83. The van der Waals surface area contributed by atoms with Gasteiger partial charge in [-0.1, -0.05) is 35.6 Å². The van der Waals surface area contributed by atoms with Crippen molar-refractivity contribution in [2.75, 3.05) is 6.61 Å². The number of rotatable bonds is 2. The predicted octanol–water partition coefficient (Wildman–Crippen LogP) is 3.16. The summed E-state index contributed by atoms with van der Waals surface area (Å²) >= 11 is 0. The molecule has 0 aromatic heterocycles. The predicted molar refractivity (Wildman–Crippen MR) is 66.1 cm³/mol. The van der Waals surface area contributed by atoms with Crippen LogP contribution in [0.25, 0.3) is 0 Å². The largest absolute Gasteiger partial charge is 0.373 e. The molecule has 1 nitrogen and oxygen atoms in total. The molecular formula is C15H16O. The molecule has 0 spiro atoms. The Hall–Kier alpha value is -1.52. The zero-order valence-corrected chi connectivity index (χ0v) is 9.79. The second-order valence-electron chi connectivity index (χ2n) is 3.96. The molecule has 0 saturated carbocycles. The summed E-state index contributed by atoms with van der Waals surface area (Å²) in [6, 6.07) is 10.1. The lowest BCUT2D eigenvalue weighted by atomic mass is 9.86. The first-order valence-corrected chi connectivity index (χ1v) is 5.69. The van der Waals surface area contributed by atoms with Crippen LogP contribution in [0.1, 0.15) is 25.8 Å². The molecule has 0 saturated heterocycles. The van der Waals surface area contributed by atoms with E-state index in [9.17, 15) is 0 Å². The van der Waals surface area contributed by atoms with Crippen molar-refractivity contribution in [2.24, 2.45) is 0 Å². The fraction of sp³-hybridized carbons (Fsp3) is 0.333. The minimum atomic E-state index is 0.237. The van der Waals surface area contributed by atoms with Crippen LogP contribution in [0.3, 0.4) is 0 Å². The van der Waals surface area contributed by atoms with Crippen molar-refractivity contribution in [1.82, 2.24) is 0 Å². The Balaban J connectivity index is 2.11. The molecule has 2 rings (SSSR count). The molecule has 0 heterocycles. The van der Waals surface area contributed by atoms with Gasteiger partial charge in [0.15, 0.2) is 0 Å². The van der Waals surface area contributed by atoms with Crippen LogP contribution in [0.15, 0.2) is 41.5 Å². The monoisotopic (exact) mass is 212 g/mol. The van der Waals surface area contributed by atoms with Gasteiger partial charge in [-0.3, -0.25) is 0 Å². The quantitative estimate of drug-likeness (QED) is 0.684. The Morgan fingerprint density at radius 1 is 1.25 bits per heavy atom. The SMILES string of the molecule is CCOC1CC(C)=C1C#Cc1ccccc1. The van der Waals surface area contributed by atoms with Crippen molar-refractivity contribution in [3.8, 4) is 11.8 Å². The van der Waals surface area contributed by atoms with Crippen LogP contribution < -0.4 is 0 Å². The molecule has 0 radical (unpaired) electrons. The van der Waals surface area contributed by atoms with Crippen molar-refractivity contribution in [2.45, 2.75) is 26.4 Å². The summed E-state index contributed by atoms with van der Waals surface area (Å²) < 4.78 is 5.59. The van der Waals surface area contributed by atoms with Crippen molar-refractivity contribution in [1.29, 1.82) is 0 Å². The Labute approximate surface area is 97.1 Å². The Bertz CT molecular complexity index is 445. The van der Waals surface area contributed by atoms with Crippen molar-refractivity contribution < 1.29 is 4.74 Å². The van der Waals surface area contributed by atoms with E-state index in [1.54, 1.807) is 0 Å². The maximum atomic E-state index is 5.59. The van der Waals surface area contributed by atoms with E-state index in [4.69, 9.17) is 4.74 Å². The van der Waals surface area contributed by atoms with Gasteiger partial charge in [0.2, 0.25) is 0 Å². The maximum absolute atomic E-state index is 5.59. The first-order chi connectivity index (χ1) is 7.81. The topological polar surface area (TPSA) is 9.23 Å². The Morgan fingerprint density at radius 3 is 2.62 bits per heavy atom. The molecule has 0 aliphatic heterocycles. The lowest BCUT2D eigenvalue weighted by Gasteiger charge is -2.28. The molecule has 16 heavy (non-hydrogen) atoms. The van der Waals surface area contributed by atoms with Gasteiger partial charge in [-0.05, 0) is 26.0 Å². The van der Waals surface area contributed by atoms with Crippen LogP contribution in [-0.4, -0.2) is 12.7 Å². The van der Waals surface area contributed by atoms with Gasteiger partial charge in [-0.2, -0.15) is 0 Å². The van der Waals surface area contributed by atoms with Gasteiger partial charge in [0.25, 0.3) is 0 Å². The highest BCUT2D eigenvalue weighted by Crippen LogP contribution is 2.30. The zero-order valence-electron chi connectivity index (χ0n) is 9.79. The third-order valence-corrected chi connectivity index (χ3v) is 2.76. The van der Waals surface area contributed by atoms with Crippen LogP contribution in [0.2, 0.25) is 0 Å². The van der Waals surface area contributed by atoms with E-state index in [1.807, 2.05) is 37.3 Å². The van der Waals surface area contributed by atoms with Gasteiger partial charge in [-0.25, -0.2) is 0 Å². The van der Waals surface area contributed by atoms with Crippen LogP contribution in [-0.2, 0) is 4.74 Å². The Kier molecular flexibility index (Phi) is 3.44. The van der Waals surface area contributed by atoms with Crippen LogP contribution in [0, 0.1) is 11.8 Å². The number of benzene rings is 1. The summed E-state index contributed by atoms with van der Waals surface area (Å²) in [5.74, 6) is 6.40. The second kappa shape index (κ2) is 5.01. The van der Waals surface area contributed by atoms with Gasteiger partial charge >= 0.3 is 0 Å². The summed E-state index contributed by atoms with van der Waals surface area (Å²) in [7, 11) is 0. The van der Waals surface area contributed by atoms with E-state index in [0.717, 1.165) is 18.6 Å². The molecule has 1 atom stereocenters. The van der Waals surface area contributed by atoms with Crippen molar-refractivity contribution in [3.05, 3.63) is 47.0 Å². The van der Waals surface area contributed by atoms with Crippen LogP contribution in [0.4, 0.5) is 0 Å². The first-order valence-electron chi connectivity index (χ1n) is 5.69. The van der Waals surface area contributed by atoms with Crippen LogP contribution in [0.5, 0.6) is 0 Å². The molecule has 1 aromatic rings. The molecule has 1 aliphatic rings. The van der Waals surface area contributed by atoms with E-state index in [0.29, 0.717) is 0 Å². The third kappa shape index (κ3) is 2.35. The van der Waals surface area contributed by atoms with Gasteiger partial charge < -0.3 is 4.74 Å². The van der Waals surface area contributed by atoms with Gasteiger partial charge in [0.1, 0.15) is 0 Å². The van der Waals surface area contributed by atoms with E-state index < -0.39 is 0 Å². The molecule has 82 valence electrons. The van der Waals surface area contributed by atoms with Gasteiger partial charge in [-0.15, -0.1) is 0 Å². The minimum Gasteiger partial charge on any atom is -0.373 e. The van der Waals surface area contributed by atoms with Gasteiger partial charge in [0, 0.05) is 24.2 Å². The molecule has 1 aromatic carbocycles. The van der Waals surface area contributed by atoms with E-state index in [1.165, 1.54) is 11.1 Å². The molecule has 0 fully saturated rings. The van der Waals surface area contributed by atoms with Gasteiger partial charge in [0.05, 0.1) is 6.10 Å². The van der Waals surface area contributed by atoms with Crippen molar-refractivity contribution >= 4 is 0 Å². The highest BCUT2D eigenvalue weighted by Gasteiger charge is 2.25. The van der Waals surface area contributed by atoms with E-state index >= 15 is 0 Å². The summed E-state index contributed by atoms with van der Waals surface area (Å²) in [5.41, 5.74) is 3.59. The molecule has 1 unspecified atom stereocenters. The van der Waals surface area contributed by atoms with E-state index in [2.05, 4.69) is 18.8 Å². The normalized spacial score (nSPS) is 18.8. The fourth-order valence-corrected chi connectivity index (χ4v) is 1.83. The standard InChI is InChI=1S/C15H16O/c1-3-16-15-11-12(2)14(15)10-9-13-7-5-4-6-8-13/h4-8,15H,3,11H2,1-2H3. The summed E-state index contributed by atoms with van der Waals surface area (Å²) in [6.07, 6.45) is 1.27. The highest BCUT2D eigenvalue weighted by atomic mass is 16.5. The summed E-state index contributed by atoms with van der Waals surface area (Å²) in [6.45, 7) is 4.91. The smallest absolute Gasteiger partial charge is 0.0939 e. The molecule has 1 heteroatoms. The lowest BCUT2D eigenvalue weighted by molar-refractivity contribution is 0.0770. The lowest BCUT2D eigenvalue weighted by Crippen LogP contribution is -2.25. The number of hydrogen-bond acceptors (Lipinski definition) is 1. The average molecular weight is 212 g/mol. The maximum Gasteiger partial charge on any atom is 0.0939 e.